The molecule has 1 aromatic heterocycles. The van der Waals surface area contributed by atoms with Crippen molar-refractivity contribution >= 4 is 11.5 Å². The van der Waals surface area contributed by atoms with Gasteiger partial charge in [0, 0.05) is 20.0 Å². The van der Waals surface area contributed by atoms with Crippen LogP contribution in [-0.2, 0) is 13.5 Å². The van der Waals surface area contributed by atoms with E-state index in [9.17, 15) is 10.1 Å². The van der Waals surface area contributed by atoms with Crippen molar-refractivity contribution in [2.75, 3.05) is 11.9 Å². The van der Waals surface area contributed by atoms with Gasteiger partial charge in [0.1, 0.15) is 5.69 Å². The Bertz CT molecular complexity index is 459. The summed E-state index contributed by atoms with van der Waals surface area (Å²) in [7, 11) is 1.70. The SMILES string of the molecule is C#CCCCNc1c([N+](=O)[O-])c(CCC)nn1C. The van der Waals surface area contributed by atoms with Gasteiger partial charge in [0.15, 0.2) is 0 Å². The fraction of sp³-hybridized carbons (Fsp3) is 0.583. The summed E-state index contributed by atoms with van der Waals surface area (Å²) in [5.74, 6) is 2.99. The molecule has 0 aliphatic rings. The van der Waals surface area contributed by atoms with E-state index in [4.69, 9.17) is 6.42 Å². The van der Waals surface area contributed by atoms with Crippen LogP contribution < -0.4 is 5.32 Å². The van der Waals surface area contributed by atoms with E-state index in [1.807, 2.05) is 6.92 Å². The second kappa shape index (κ2) is 6.64. The molecule has 0 unspecified atom stereocenters. The molecule has 1 aromatic rings. The van der Waals surface area contributed by atoms with Gasteiger partial charge >= 0.3 is 5.69 Å². The minimum Gasteiger partial charge on any atom is -0.365 e. The molecule has 0 saturated heterocycles. The van der Waals surface area contributed by atoms with Crippen LogP contribution in [0.1, 0.15) is 31.9 Å². The van der Waals surface area contributed by atoms with Gasteiger partial charge in [0.05, 0.1) is 4.92 Å². The van der Waals surface area contributed by atoms with Crippen LogP contribution in [0, 0.1) is 22.5 Å². The summed E-state index contributed by atoms with van der Waals surface area (Å²) >= 11 is 0. The van der Waals surface area contributed by atoms with Gasteiger partial charge in [-0.05, 0) is 12.8 Å². The molecule has 0 bridgehead atoms. The summed E-state index contributed by atoms with van der Waals surface area (Å²) in [6, 6.07) is 0. The molecule has 0 radical (unpaired) electrons. The van der Waals surface area contributed by atoms with Crippen molar-refractivity contribution in [2.24, 2.45) is 7.05 Å². The van der Waals surface area contributed by atoms with E-state index in [2.05, 4.69) is 16.3 Å². The van der Waals surface area contributed by atoms with Crippen molar-refractivity contribution in [3.63, 3.8) is 0 Å². The van der Waals surface area contributed by atoms with Crippen LogP contribution in [0.4, 0.5) is 11.5 Å². The molecule has 1 N–H and O–H groups in total. The predicted molar refractivity (Wildman–Crippen MR) is 70.4 cm³/mol. The molecule has 1 rings (SSSR count). The van der Waals surface area contributed by atoms with E-state index in [1.54, 1.807) is 7.05 Å². The number of hydrogen-bond acceptors (Lipinski definition) is 4. The van der Waals surface area contributed by atoms with Crippen molar-refractivity contribution in [1.29, 1.82) is 0 Å². The lowest BCUT2D eigenvalue weighted by Gasteiger charge is -2.04. The Kier molecular flexibility index (Phi) is 5.18. The Morgan fingerprint density at radius 2 is 2.33 bits per heavy atom. The van der Waals surface area contributed by atoms with E-state index < -0.39 is 0 Å². The smallest absolute Gasteiger partial charge is 0.333 e. The second-order valence-corrected chi connectivity index (χ2v) is 4.01. The quantitative estimate of drug-likeness (QED) is 0.348. The average Bonchev–Trinajstić information content (AvgIpc) is 2.62. The molecule has 98 valence electrons. The predicted octanol–water partition coefficient (Wildman–Crippen LogP) is 2.11. The molecule has 18 heavy (non-hydrogen) atoms. The van der Waals surface area contributed by atoms with Crippen LogP contribution in [0.3, 0.4) is 0 Å². The highest BCUT2D eigenvalue weighted by Crippen LogP contribution is 2.28. The fourth-order valence-electron chi connectivity index (χ4n) is 1.76. The van der Waals surface area contributed by atoms with Gasteiger partial charge in [-0.3, -0.25) is 10.1 Å². The van der Waals surface area contributed by atoms with E-state index in [0.29, 0.717) is 30.9 Å². The summed E-state index contributed by atoms with van der Waals surface area (Å²) in [6.07, 6.45) is 8.02. The first-order valence-corrected chi connectivity index (χ1v) is 5.99. The number of anilines is 1. The van der Waals surface area contributed by atoms with Gasteiger partial charge in [-0.1, -0.05) is 13.3 Å². The molecular formula is C12H18N4O2. The van der Waals surface area contributed by atoms with Gasteiger partial charge in [-0.15, -0.1) is 12.3 Å². The number of unbranched alkanes of at least 4 members (excludes halogenated alkanes) is 1. The molecule has 0 amide bonds. The van der Waals surface area contributed by atoms with Crippen molar-refractivity contribution in [1.82, 2.24) is 9.78 Å². The molecule has 0 atom stereocenters. The van der Waals surface area contributed by atoms with Crippen molar-refractivity contribution in [3.05, 3.63) is 15.8 Å². The monoisotopic (exact) mass is 250 g/mol. The van der Waals surface area contributed by atoms with Gasteiger partial charge in [0.2, 0.25) is 5.82 Å². The van der Waals surface area contributed by atoms with Gasteiger partial charge < -0.3 is 5.32 Å². The lowest BCUT2D eigenvalue weighted by molar-refractivity contribution is -0.384. The van der Waals surface area contributed by atoms with Crippen molar-refractivity contribution in [3.8, 4) is 12.3 Å². The maximum Gasteiger partial charge on any atom is 0.333 e. The number of terminal acetylenes is 1. The second-order valence-electron chi connectivity index (χ2n) is 4.01. The fourth-order valence-corrected chi connectivity index (χ4v) is 1.76. The Hall–Kier alpha value is -2.03. The van der Waals surface area contributed by atoms with Crippen molar-refractivity contribution < 1.29 is 4.92 Å². The lowest BCUT2D eigenvalue weighted by atomic mass is 10.2. The van der Waals surface area contributed by atoms with Crippen LogP contribution in [0.25, 0.3) is 0 Å². The van der Waals surface area contributed by atoms with Crippen LogP contribution in [0.15, 0.2) is 0 Å². The molecule has 0 fully saturated rings. The molecule has 0 saturated carbocycles. The Morgan fingerprint density at radius 3 is 2.89 bits per heavy atom. The standard InChI is InChI=1S/C12H18N4O2/c1-4-6-7-9-13-12-11(16(17)18)10(8-5-2)14-15(12)3/h1,13H,5-9H2,2-3H3. The third-order valence-electron chi connectivity index (χ3n) is 2.55. The lowest BCUT2D eigenvalue weighted by Crippen LogP contribution is -2.07. The van der Waals surface area contributed by atoms with Crippen LogP contribution in [0.5, 0.6) is 0 Å². The zero-order valence-corrected chi connectivity index (χ0v) is 10.8. The van der Waals surface area contributed by atoms with Gasteiger partial charge in [0.25, 0.3) is 0 Å². The number of rotatable bonds is 7. The van der Waals surface area contributed by atoms with Crippen LogP contribution in [-0.4, -0.2) is 21.2 Å². The summed E-state index contributed by atoms with van der Waals surface area (Å²) in [6.45, 7) is 2.58. The molecule has 0 aliphatic heterocycles. The molecule has 0 aliphatic carbocycles. The topological polar surface area (TPSA) is 73.0 Å². The van der Waals surface area contributed by atoms with Gasteiger partial charge in [-0.25, -0.2) is 4.68 Å². The molecule has 1 heterocycles. The molecular weight excluding hydrogens is 232 g/mol. The Balaban J connectivity index is 2.88. The van der Waals surface area contributed by atoms with E-state index in [-0.39, 0.29) is 10.6 Å². The zero-order valence-electron chi connectivity index (χ0n) is 10.8. The van der Waals surface area contributed by atoms with Crippen molar-refractivity contribution in [2.45, 2.75) is 32.6 Å². The largest absolute Gasteiger partial charge is 0.365 e. The Morgan fingerprint density at radius 1 is 1.61 bits per heavy atom. The molecule has 6 nitrogen and oxygen atoms in total. The van der Waals surface area contributed by atoms with E-state index >= 15 is 0 Å². The number of nitrogens with one attached hydrogen (secondary N) is 1. The normalized spacial score (nSPS) is 10.1. The number of nitrogens with zero attached hydrogens (tertiary/aromatic N) is 3. The van der Waals surface area contributed by atoms with Crippen LogP contribution >= 0.6 is 0 Å². The van der Waals surface area contributed by atoms with Gasteiger partial charge in [-0.2, -0.15) is 5.10 Å². The first kappa shape index (κ1) is 14.0. The summed E-state index contributed by atoms with van der Waals surface area (Å²) in [4.78, 5) is 10.7. The maximum atomic E-state index is 11.1. The zero-order chi connectivity index (χ0) is 13.5. The third-order valence-corrected chi connectivity index (χ3v) is 2.55. The highest BCUT2D eigenvalue weighted by molar-refractivity contribution is 5.59. The molecule has 6 heteroatoms. The number of nitro groups is 1. The minimum absolute atomic E-state index is 0.0834. The maximum absolute atomic E-state index is 11.1. The number of hydrogen-bond donors (Lipinski definition) is 1. The van der Waals surface area contributed by atoms with Crippen LogP contribution in [0.2, 0.25) is 0 Å². The molecule has 0 spiro atoms. The highest BCUT2D eigenvalue weighted by Gasteiger charge is 2.25. The van der Waals surface area contributed by atoms with E-state index in [1.165, 1.54) is 4.68 Å². The summed E-state index contributed by atoms with van der Waals surface area (Å²) in [5, 5.41) is 18.3. The first-order chi connectivity index (χ1) is 8.61. The van der Waals surface area contributed by atoms with E-state index in [0.717, 1.165) is 12.8 Å². The summed E-state index contributed by atoms with van der Waals surface area (Å²) in [5.41, 5.74) is 0.615. The number of aromatic nitrogens is 2. The molecule has 0 aromatic carbocycles. The minimum atomic E-state index is -0.374. The number of aryl methyl sites for hydroxylation is 2. The highest BCUT2D eigenvalue weighted by atomic mass is 16.6. The summed E-state index contributed by atoms with van der Waals surface area (Å²) < 4.78 is 1.53. The first-order valence-electron chi connectivity index (χ1n) is 5.99. The Labute approximate surface area is 107 Å². The third kappa shape index (κ3) is 3.23. The average molecular weight is 250 g/mol.